The number of fused-ring (bicyclic) bond motifs is 1. The van der Waals surface area contributed by atoms with Crippen LogP contribution < -0.4 is 9.62 Å². The molecule has 1 N–H and O–H groups in total. The summed E-state index contributed by atoms with van der Waals surface area (Å²) in [5.74, 6) is 0.544. The summed E-state index contributed by atoms with van der Waals surface area (Å²) in [6.45, 7) is 0. The van der Waals surface area contributed by atoms with E-state index in [2.05, 4.69) is 14.8 Å². The molecule has 0 aliphatic carbocycles. The molecule has 120 valence electrons. The van der Waals surface area contributed by atoms with E-state index in [-0.39, 0.29) is 5.03 Å². The second-order valence-electron chi connectivity index (χ2n) is 5.32. The van der Waals surface area contributed by atoms with Gasteiger partial charge in [-0.2, -0.15) is 13.5 Å². The number of nitrogens with zero attached hydrogens (tertiary/aromatic N) is 4. The zero-order valence-corrected chi connectivity index (χ0v) is 13.9. The van der Waals surface area contributed by atoms with E-state index in [1.807, 2.05) is 6.07 Å². The summed E-state index contributed by atoms with van der Waals surface area (Å²) in [6.07, 6.45) is 1.62. The van der Waals surface area contributed by atoms with E-state index in [0.29, 0.717) is 22.4 Å². The van der Waals surface area contributed by atoms with Gasteiger partial charge in [0.05, 0.1) is 11.2 Å². The van der Waals surface area contributed by atoms with Crippen molar-refractivity contribution in [1.82, 2.24) is 14.8 Å². The van der Waals surface area contributed by atoms with Crippen LogP contribution in [0.15, 0.2) is 47.6 Å². The van der Waals surface area contributed by atoms with Gasteiger partial charge in [0.15, 0.2) is 10.8 Å². The quantitative estimate of drug-likeness (QED) is 0.789. The smallest absolute Gasteiger partial charge is 0.279 e. The summed E-state index contributed by atoms with van der Waals surface area (Å²) in [5, 5.41) is 4.96. The normalized spacial score (nSPS) is 11.6. The number of benzene rings is 1. The molecule has 0 atom stereocenters. The van der Waals surface area contributed by atoms with Crippen molar-refractivity contribution in [3.05, 3.63) is 42.6 Å². The number of rotatable bonds is 4. The van der Waals surface area contributed by atoms with Gasteiger partial charge in [-0.1, -0.05) is 12.1 Å². The van der Waals surface area contributed by atoms with Crippen LogP contribution in [-0.4, -0.2) is 37.3 Å². The molecular weight excluding hydrogens is 314 g/mol. The second-order valence-corrected chi connectivity index (χ2v) is 6.92. The van der Waals surface area contributed by atoms with Crippen molar-refractivity contribution >= 4 is 32.4 Å². The molecule has 0 radical (unpaired) electrons. The maximum atomic E-state index is 12.9. The first-order valence-electron chi connectivity index (χ1n) is 6.97. The summed E-state index contributed by atoms with van der Waals surface area (Å²) in [7, 11) is 1.43. The maximum Gasteiger partial charge on any atom is 0.279 e. The number of aryl methyl sites for hydroxylation is 1. The van der Waals surface area contributed by atoms with Crippen LogP contribution in [0.25, 0.3) is 10.9 Å². The summed E-state index contributed by atoms with van der Waals surface area (Å²) < 4.78 is 29.7. The minimum absolute atomic E-state index is 0.127. The largest absolute Gasteiger partial charge is 0.361 e. The third kappa shape index (κ3) is 2.72. The first-order valence-corrected chi connectivity index (χ1v) is 8.45. The van der Waals surface area contributed by atoms with Crippen LogP contribution in [0.4, 0.5) is 11.5 Å². The Morgan fingerprint density at radius 3 is 2.61 bits per heavy atom. The molecule has 3 aromatic rings. The molecule has 2 aromatic heterocycles. The van der Waals surface area contributed by atoms with Gasteiger partial charge in [0.1, 0.15) is 0 Å². The van der Waals surface area contributed by atoms with Gasteiger partial charge in [-0.15, -0.1) is 0 Å². The Labute approximate surface area is 134 Å². The number of hydrogen-bond donors (Lipinski definition) is 1. The topological polar surface area (TPSA) is 80.1 Å². The van der Waals surface area contributed by atoms with Gasteiger partial charge in [0.25, 0.3) is 10.0 Å². The van der Waals surface area contributed by atoms with Crippen LogP contribution in [-0.2, 0) is 17.1 Å². The van der Waals surface area contributed by atoms with Gasteiger partial charge in [-0.05, 0) is 24.3 Å². The Morgan fingerprint density at radius 1 is 1.13 bits per heavy atom. The summed E-state index contributed by atoms with van der Waals surface area (Å²) in [6, 6.07) is 10.5. The lowest BCUT2D eigenvalue weighted by Gasteiger charge is -2.17. The number of aromatic nitrogens is 3. The van der Waals surface area contributed by atoms with Crippen molar-refractivity contribution in [2.75, 3.05) is 23.7 Å². The van der Waals surface area contributed by atoms with E-state index in [4.69, 9.17) is 0 Å². The fraction of sp³-hybridized carbons (Fsp3) is 0.200. The van der Waals surface area contributed by atoms with Crippen LogP contribution in [0.2, 0.25) is 0 Å². The van der Waals surface area contributed by atoms with Crippen molar-refractivity contribution in [3.63, 3.8) is 0 Å². The minimum atomic E-state index is -3.80. The molecule has 23 heavy (non-hydrogen) atoms. The molecule has 0 spiro atoms. The Bertz CT molecular complexity index is 963. The number of sulfonamides is 1. The third-order valence-electron chi connectivity index (χ3n) is 3.40. The molecule has 0 bridgehead atoms. The predicted molar refractivity (Wildman–Crippen MR) is 90.1 cm³/mol. The number of nitrogens with one attached hydrogen (secondary N) is 1. The standard InChI is InChI=1S/C15H17N5O2S/c1-19(2)14-13(9-6-10-16-14)18-23(21,22)15-11-7-4-5-8-12(11)17-20(15)3/h4-10,18H,1-3H3. The lowest BCUT2D eigenvalue weighted by molar-refractivity contribution is 0.584. The minimum Gasteiger partial charge on any atom is -0.361 e. The van der Waals surface area contributed by atoms with Crippen molar-refractivity contribution < 1.29 is 8.42 Å². The average molecular weight is 331 g/mol. The lowest BCUT2D eigenvalue weighted by atomic mass is 10.3. The zero-order chi connectivity index (χ0) is 16.6. The highest BCUT2D eigenvalue weighted by Gasteiger charge is 2.24. The summed E-state index contributed by atoms with van der Waals surface area (Å²) in [5.41, 5.74) is 1.05. The van der Waals surface area contributed by atoms with Gasteiger partial charge in [0, 0.05) is 32.7 Å². The van der Waals surface area contributed by atoms with Crippen molar-refractivity contribution in [2.24, 2.45) is 7.05 Å². The van der Waals surface area contributed by atoms with E-state index >= 15 is 0 Å². The molecule has 2 heterocycles. The van der Waals surface area contributed by atoms with Crippen molar-refractivity contribution in [1.29, 1.82) is 0 Å². The lowest BCUT2D eigenvalue weighted by Crippen LogP contribution is -2.20. The molecule has 0 saturated heterocycles. The summed E-state index contributed by atoms with van der Waals surface area (Å²) >= 11 is 0. The molecule has 0 saturated carbocycles. The molecule has 0 unspecified atom stereocenters. The second kappa shape index (κ2) is 5.54. The van der Waals surface area contributed by atoms with Gasteiger partial charge >= 0.3 is 0 Å². The van der Waals surface area contributed by atoms with Gasteiger partial charge in [-0.3, -0.25) is 9.40 Å². The van der Waals surface area contributed by atoms with E-state index in [1.54, 1.807) is 62.6 Å². The molecule has 0 fully saturated rings. The first kappa shape index (κ1) is 15.3. The predicted octanol–water partition coefficient (Wildman–Crippen LogP) is 1.84. The first-order chi connectivity index (χ1) is 10.9. The monoisotopic (exact) mass is 331 g/mol. The molecular formula is C15H17N5O2S. The Morgan fingerprint density at radius 2 is 1.87 bits per heavy atom. The van der Waals surface area contributed by atoms with E-state index in [0.717, 1.165) is 0 Å². The molecule has 0 amide bonds. The summed E-state index contributed by atoms with van der Waals surface area (Å²) in [4.78, 5) is 5.95. The number of anilines is 2. The highest BCUT2D eigenvalue weighted by Crippen LogP contribution is 2.27. The Kier molecular flexibility index (Phi) is 3.69. The molecule has 0 aliphatic rings. The zero-order valence-electron chi connectivity index (χ0n) is 13.1. The van der Waals surface area contributed by atoms with Crippen molar-refractivity contribution in [3.8, 4) is 0 Å². The fourth-order valence-corrected chi connectivity index (χ4v) is 3.86. The van der Waals surface area contributed by atoms with E-state index in [9.17, 15) is 8.42 Å². The molecule has 1 aromatic carbocycles. The van der Waals surface area contributed by atoms with Gasteiger partial charge in [0.2, 0.25) is 0 Å². The van der Waals surface area contributed by atoms with Crippen LogP contribution in [0.1, 0.15) is 0 Å². The molecule has 0 aliphatic heterocycles. The maximum absolute atomic E-state index is 12.9. The highest BCUT2D eigenvalue weighted by atomic mass is 32.2. The Hall–Kier alpha value is -2.61. The van der Waals surface area contributed by atoms with Crippen LogP contribution in [0, 0.1) is 0 Å². The highest BCUT2D eigenvalue weighted by molar-refractivity contribution is 7.92. The number of hydrogen-bond acceptors (Lipinski definition) is 5. The fourth-order valence-electron chi connectivity index (χ4n) is 2.47. The van der Waals surface area contributed by atoms with Crippen LogP contribution in [0.5, 0.6) is 0 Å². The number of pyridine rings is 1. The molecule has 8 heteroatoms. The van der Waals surface area contributed by atoms with E-state index in [1.165, 1.54) is 4.68 Å². The van der Waals surface area contributed by atoms with Gasteiger partial charge in [-0.25, -0.2) is 4.98 Å². The molecule has 7 nitrogen and oxygen atoms in total. The van der Waals surface area contributed by atoms with Gasteiger partial charge < -0.3 is 4.90 Å². The van der Waals surface area contributed by atoms with Crippen molar-refractivity contribution in [2.45, 2.75) is 5.03 Å². The average Bonchev–Trinajstić information content (AvgIpc) is 2.83. The SMILES string of the molecule is CN(C)c1ncccc1NS(=O)(=O)c1c2ccccc2nn1C. The van der Waals surface area contributed by atoms with Crippen LogP contribution >= 0.6 is 0 Å². The third-order valence-corrected chi connectivity index (χ3v) is 4.88. The molecule has 3 rings (SSSR count). The van der Waals surface area contributed by atoms with Crippen LogP contribution in [0.3, 0.4) is 0 Å². The van der Waals surface area contributed by atoms with E-state index < -0.39 is 10.0 Å². The Balaban J connectivity index is 2.11.